The molecule has 0 aromatic carbocycles. The van der Waals surface area contributed by atoms with Crippen molar-refractivity contribution in [2.75, 3.05) is 26.7 Å². The Hall–Kier alpha value is -0.770. The van der Waals surface area contributed by atoms with Crippen molar-refractivity contribution in [2.45, 2.75) is 26.3 Å². The fraction of sp³-hybridized carbons (Fsp3) is 0.900. The molecular formula is C10H21N3O. The van der Waals surface area contributed by atoms with Gasteiger partial charge in [0.2, 0.25) is 0 Å². The number of nitrogens with one attached hydrogen (secondary N) is 2. The summed E-state index contributed by atoms with van der Waals surface area (Å²) in [7, 11) is 1.82. The SMILES string of the molecule is CCN(C)C(=O)NC1CCNCC1C. The van der Waals surface area contributed by atoms with Gasteiger partial charge < -0.3 is 15.5 Å². The Balaban J connectivity index is 2.38. The Morgan fingerprint density at radius 3 is 2.93 bits per heavy atom. The van der Waals surface area contributed by atoms with Gasteiger partial charge in [-0.05, 0) is 32.4 Å². The van der Waals surface area contributed by atoms with E-state index in [-0.39, 0.29) is 6.03 Å². The van der Waals surface area contributed by atoms with E-state index in [1.54, 1.807) is 4.90 Å². The number of amides is 2. The first kappa shape index (κ1) is 11.3. The third-order valence-electron chi connectivity index (χ3n) is 2.92. The summed E-state index contributed by atoms with van der Waals surface area (Å²) >= 11 is 0. The van der Waals surface area contributed by atoms with Gasteiger partial charge in [0.1, 0.15) is 0 Å². The molecule has 2 atom stereocenters. The molecule has 1 rings (SSSR count). The third-order valence-corrected chi connectivity index (χ3v) is 2.92. The van der Waals surface area contributed by atoms with Crippen LogP contribution in [-0.4, -0.2) is 43.7 Å². The van der Waals surface area contributed by atoms with Crippen LogP contribution in [0.5, 0.6) is 0 Å². The molecule has 0 aliphatic carbocycles. The van der Waals surface area contributed by atoms with Crippen LogP contribution < -0.4 is 10.6 Å². The second-order valence-corrected chi connectivity index (χ2v) is 4.04. The third kappa shape index (κ3) is 2.87. The molecule has 0 bridgehead atoms. The highest BCUT2D eigenvalue weighted by molar-refractivity contribution is 5.74. The number of carbonyl (C=O) groups is 1. The molecule has 1 saturated heterocycles. The van der Waals surface area contributed by atoms with Gasteiger partial charge in [-0.15, -0.1) is 0 Å². The zero-order valence-electron chi connectivity index (χ0n) is 9.34. The number of rotatable bonds is 2. The van der Waals surface area contributed by atoms with E-state index in [1.165, 1.54) is 0 Å². The summed E-state index contributed by atoms with van der Waals surface area (Å²) in [5, 5.41) is 6.38. The first-order valence-electron chi connectivity index (χ1n) is 5.37. The van der Waals surface area contributed by atoms with Gasteiger partial charge in [0, 0.05) is 19.6 Å². The van der Waals surface area contributed by atoms with E-state index in [9.17, 15) is 4.79 Å². The van der Waals surface area contributed by atoms with Crippen molar-refractivity contribution in [3.05, 3.63) is 0 Å². The van der Waals surface area contributed by atoms with Crippen LogP contribution in [0.2, 0.25) is 0 Å². The van der Waals surface area contributed by atoms with Crippen LogP contribution in [0.1, 0.15) is 20.3 Å². The predicted octanol–water partition coefficient (Wildman–Crippen LogP) is 0.646. The fourth-order valence-electron chi connectivity index (χ4n) is 1.64. The molecule has 2 unspecified atom stereocenters. The van der Waals surface area contributed by atoms with Crippen LogP contribution in [0, 0.1) is 5.92 Å². The largest absolute Gasteiger partial charge is 0.335 e. The number of hydrogen-bond acceptors (Lipinski definition) is 2. The van der Waals surface area contributed by atoms with E-state index in [0.29, 0.717) is 12.0 Å². The topological polar surface area (TPSA) is 44.4 Å². The second kappa shape index (κ2) is 5.20. The zero-order valence-corrected chi connectivity index (χ0v) is 9.34. The van der Waals surface area contributed by atoms with Crippen molar-refractivity contribution >= 4 is 6.03 Å². The molecule has 0 radical (unpaired) electrons. The van der Waals surface area contributed by atoms with Crippen LogP contribution in [0.25, 0.3) is 0 Å². The molecule has 1 heterocycles. The lowest BCUT2D eigenvalue weighted by Crippen LogP contribution is -2.51. The van der Waals surface area contributed by atoms with Crippen LogP contribution in [0.3, 0.4) is 0 Å². The summed E-state index contributed by atoms with van der Waals surface area (Å²) in [6, 6.07) is 0.379. The molecule has 0 aromatic rings. The van der Waals surface area contributed by atoms with E-state index in [2.05, 4.69) is 17.6 Å². The molecule has 0 saturated carbocycles. The Kier molecular flexibility index (Phi) is 4.20. The average Bonchev–Trinajstić information content (AvgIpc) is 2.20. The summed E-state index contributed by atoms with van der Waals surface area (Å²) < 4.78 is 0. The average molecular weight is 199 g/mol. The van der Waals surface area contributed by atoms with E-state index in [0.717, 1.165) is 26.1 Å². The van der Waals surface area contributed by atoms with Gasteiger partial charge in [0.05, 0.1) is 0 Å². The molecular weight excluding hydrogens is 178 g/mol. The number of hydrogen-bond donors (Lipinski definition) is 2. The van der Waals surface area contributed by atoms with Crippen molar-refractivity contribution in [1.29, 1.82) is 0 Å². The standard InChI is InChI=1S/C10H21N3O/c1-4-13(3)10(14)12-9-5-6-11-7-8(9)2/h8-9,11H,4-7H2,1-3H3,(H,12,14). The molecule has 4 heteroatoms. The normalized spacial score (nSPS) is 27.1. The van der Waals surface area contributed by atoms with E-state index in [1.807, 2.05) is 14.0 Å². The second-order valence-electron chi connectivity index (χ2n) is 4.04. The van der Waals surface area contributed by atoms with E-state index >= 15 is 0 Å². The van der Waals surface area contributed by atoms with Crippen molar-refractivity contribution in [2.24, 2.45) is 5.92 Å². The van der Waals surface area contributed by atoms with E-state index < -0.39 is 0 Å². The first-order valence-corrected chi connectivity index (χ1v) is 5.37. The molecule has 0 aromatic heterocycles. The quantitative estimate of drug-likeness (QED) is 0.685. The van der Waals surface area contributed by atoms with E-state index in [4.69, 9.17) is 0 Å². The summed E-state index contributed by atoms with van der Waals surface area (Å²) in [6.07, 6.45) is 1.03. The number of nitrogens with zero attached hydrogens (tertiary/aromatic N) is 1. The highest BCUT2D eigenvalue weighted by Crippen LogP contribution is 2.10. The molecule has 4 nitrogen and oxygen atoms in total. The summed E-state index contributed by atoms with van der Waals surface area (Å²) in [6.45, 7) is 6.91. The molecule has 14 heavy (non-hydrogen) atoms. The van der Waals surface area contributed by atoms with Gasteiger partial charge in [-0.25, -0.2) is 4.79 Å². The lowest BCUT2D eigenvalue weighted by Gasteiger charge is -2.31. The lowest BCUT2D eigenvalue weighted by molar-refractivity contribution is 0.196. The minimum absolute atomic E-state index is 0.0475. The van der Waals surface area contributed by atoms with Gasteiger partial charge in [0.25, 0.3) is 0 Å². The van der Waals surface area contributed by atoms with Crippen molar-refractivity contribution < 1.29 is 4.79 Å². The highest BCUT2D eigenvalue weighted by Gasteiger charge is 2.23. The Morgan fingerprint density at radius 1 is 1.64 bits per heavy atom. The Morgan fingerprint density at radius 2 is 2.36 bits per heavy atom. The lowest BCUT2D eigenvalue weighted by atomic mass is 9.95. The first-order chi connectivity index (χ1) is 6.65. The number of carbonyl (C=O) groups excluding carboxylic acids is 1. The number of urea groups is 1. The van der Waals surface area contributed by atoms with Crippen LogP contribution in [-0.2, 0) is 0 Å². The van der Waals surface area contributed by atoms with Crippen molar-refractivity contribution in [1.82, 2.24) is 15.5 Å². The zero-order chi connectivity index (χ0) is 10.6. The molecule has 2 amide bonds. The number of piperidine rings is 1. The summed E-state index contributed by atoms with van der Waals surface area (Å²) in [5.41, 5.74) is 0. The minimum Gasteiger partial charge on any atom is -0.335 e. The predicted molar refractivity (Wildman–Crippen MR) is 57.3 cm³/mol. The van der Waals surface area contributed by atoms with Gasteiger partial charge in [-0.1, -0.05) is 6.92 Å². The monoisotopic (exact) mass is 199 g/mol. The van der Waals surface area contributed by atoms with Crippen LogP contribution in [0.15, 0.2) is 0 Å². The summed E-state index contributed by atoms with van der Waals surface area (Å²) in [4.78, 5) is 13.3. The fourth-order valence-corrected chi connectivity index (χ4v) is 1.64. The molecule has 82 valence electrons. The minimum atomic E-state index is 0.0475. The van der Waals surface area contributed by atoms with Gasteiger partial charge in [0.15, 0.2) is 0 Å². The van der Waals surface area contributed by atoms with Gasteiger partial charge >= 0.3 is 6.03 Å². The van der Waals surface area contributed by atoms with Crippen molar-refractivity contribution in [3.63, 3.8) is 0 Å². The Labute approximate surface area is 86.0 Å². The molecule has 1 aliphatic heterocycles. The summed E-state index contributed by atoms with van der Waals surface area (Å²) in [5.74, 6) is 0.526. The molecule has 1 fully saturated rings. The van der Waals surface area contributed by atoms with Gasteiger partial charge in [-0.2, -0.15) is 0 Å². The van der Waals surface area contributed by atoms with Crippen LogP contribution in [0.4, 0.5) is 4.79 Å². The maximum atomic E-state index is 11.6. The smallest absolute Gasteiger partial charge is 0.317 e. The maximum absolute atomic E-state index is 11.6. The van der Waals surface area contributed by atoms with Crippen molar-refractivity contribution in [3.8, 4) is 0 Å². The maximum Gasteiger partial charge on any atom is 0.317 e. The molecule has 1 aliphatic rings. The molecule has 2 N–H and O–H groups in total. The van der Waals surface area contributed by atoms with Gasteiger partial charge in [-0.3, -0.25) is 0 Å². The van der Waals surface area contributed by atoms with Crippen LogP contribution >= 0.6 is 0 Å². The Bertz CT molecular complexity index is 196. The highest BCUT2D eigenvalue weighted by atomic mass is 16.2. The molecule has 0 spiro atoms.